The molecule has 0 spiro atoms. The van der Waals surface area contributed by atoms with Crippen molar-refractivity contribution in [3.05, 3.63) is 53.9 Å². The fraction of sp³-hybridized carbons (Fsp3) is 0.250. The third kappa shape index (κ3) is 2.25. The first kappa shape index (κ1) is 12.7. The molecule has 0 aliphatic carbocycles. The minimum absolute atomic E-state index is 0.696. The summed E-state index contributed by atoms with van der Waals surface area (Å²) in [4.78, 5) is 9.06. The molecule has 102 valence electrons. The maximum atomic E-state index is 4.61. The van der Waals surface area contributed by atoms with Crippen molar-refractivity contribution in [2.75, 3.05) is 5.32 Å². The summed E-state index contributed by atoms with van der Waals surface area (Å²) < 4.78 is 2.07. The van der Waals surface area contributed by atoms with Crippen LogP contribution in [0.2, 0.25) is 0 Å². The number of imidazole rings is 1. The van der Waals surface area contributed by atoms with Crippen LogP contribution in [0.5, 0.6) is 0 Å². The maximum absolute atomic E-state index is 4.61. The highest BCUT2D eigenvalue weighted by Gasteiger charge is 2.07. The van der Waals surface area contributed by atoms with Crippen LogP contribution < -0.4 is 5.32 Å². The number of aromatic nitrogens is 3. The Balaban J connectivity index is 1.85. The lowest BCUT2D eigenvalue weighted by Crippen LogP contribution is -2.08. The van der Waals surface area contributed by atoms with Crippen molar-refractivity contribution >= 4 is 17.0 Å². The number of hydrogen-bond acceptors (Lipinski definition) is 3. The van der Waals surface area contributed by atoms with Crippen molar-refractivity contribution in [3.8, 4) is 0 Å². The number of anilines is 1. The van der Waals surface area contributed by atoms with Gasteiger partial charge in [0.05, 0.1) is 23.3 Å². The number of benzene rings is 1. The smallest absolute Gasteiger partial charge is 0.203 e. The second-order valence-corrected chi connectivity index (χ2v) is 4.80. The van der Waals surface area contributed by atoms with Gasteiger partial charge in [0.15, 0.2) is 0 Å². The molecule has 3 rings (SSSR count). The first-order chi connectivity index (χ1) is 9.79. The summed E-state index contributed by atoms with van der Waals surface area (Å²) in [6, 6.07) is 12.2. The molecule has 1 N–H and O–H groups in total. The molecule has 0 fully saturated rings. The number of hydrogen-bond donors (Lipinski definition) is 1. The lowest BCUT2D eigenvalue weighted by atomic mass is 10.1. The van der Waals surface area contributed by atoms with Crippen LogP contribution >= 0.6 is 0 Å². The van der Waals surface area contributed by atoms with Gasteiger partial charge in [-0.25, -0.2) is 4.98 Å². The summed E-state index contributed by atoms with van der Waals surface area (Å²) in [7, 11) is 2.02. The van der Waals surface area contributed by atoms with Crippen LogP contribution in [0, 0.1) is 0 Å². The van der Waals surface area contributed by atoms with E-state index in [1.807, 2.05) is 37.5 Å². The van der Waals surface area contributed by atoms with Gasteiger partial charge < -0.3 is 9.88 Å². The van der Waals surface area contributed by atoms with E-state index in [9.17, 15) is 0 Å². The zero-order valence-corrected chi connectivity index (χ0v) is 11.8. The van der Waals surface area contributed by atoms with Crippen LogP contribution in [0.15, 0.2) is 42.6 Å². The number of nitrogens with zero attached hydrogens (tertiary/aromatic N) is 3. The molecule has 0 aliphatic rings. The monoisotopic (exact) mass is 266 g/mol. The van der Waals surface area contributed by atoms with Crippen molar-refractivity contribution in [1.29, 1.82) is 0 Å². The Morgan fingerprint density at radius 3 is 2.80 bits per heavy atom. The van der Waals surface area contributed by atoms with E-state index in [2.05, 4.69) is 38.9 Å². The van der Waals surface area contributed by atoms with Gasteiger partial charge in [0.1, 0.15) is 0 Å². The second-order valence-electron chi connectivity index (χ2n) is 4.80. The number of nitrogens with one attached hydrogen (secondary N) is 1. The zero-order valence-electron chi connectivity index (χ0n) is 11.8. The van der Waals surface area contributed by atoms with Gasteiger partial charge in [0.2, 0.25) is 5.95 Å². The molecule has 0 amide bonds. The topological polar surface area (TPSA) is 42.7 Å². The number of fused-ring (bicyclic) bond motifs is 1. The summed E-state index contributed by atoms with van der Waals surface area (Å²) in [6.45, 7) is 2.84. The lowest BCUT2D eigenvalue weighted by Gasteiger charge is -2.08. The van der Waals surface area contributed by atoms with Gasteiger partial charge >= 0.3 is 0 Å². The number of pyridine rings is 1. The maximum Gasteiger partial charge on any atom is 0.203 e. The molecular formula is C16H18N4. The average molecular weight is 266 g/mol. The summed E-state index contributed by atoms with van der Waals surface area (Å²) in [5.41, 5.74) is 4.50. The average Bonchev–Trinajstić information content (AvgIpc) is 2.82. The van der Waals surface area contributed by atoms with E-state index >= 15 is 0 Å². The fourth-order valence-electron chi connectivity index (χ4n) is 2.42. The quantitative estimate of drug-likeness (QED) is 0.789. The molecule has 4 heteroatoms. The Bertz CT molecular complexity index is 730. The molecule has 0 radical (unpaired) electrons. The van der Waals surface area contributed by atoms with Crippen LogP contribution in [-0.2, 0) is 20.0 Å². The largest absolute Gasteiger partial charge is 0.350 e. The van der Waals surface area contributed by atoms with Crippen LogP contribution in [-0.4, -0.2) is 14.5 Å². The molecule has 0 aliphatic heterocycles. The highest BCUT2D eigenvalue weighted by Crippen LogP contribution is 2.18. The van der Waals surface area contributed by atoms with Crippen molar-refractivity contribution in [2.24, 2.45) is 7.05 Å². The van der Waals surface area contributed by atoms with E-state index in [0.717, 1.165) is 29.1 Å². The van der Waals surface area contributed by atoms with E-state index in [0.29, 0.717) is 6.54 Å². The Kier molecular flexibility index (Phi) is 3.37. The molecule has 0 saturated heterocycles. The molecule has 0 atom stereocenters. The fourth-order valence-corrected chi connectivity index (χ4v) is 2.42. The molecular weight excluding hydrogens is 248 g/mol. The van der Waals surface area contributed by atoms with E-state index in [1.165, 1.54) is 5.56 Å². The highest BCUT2D eigenvalue weighted by molar-refractivity contribution is 5.78. The number of aryl methyl sites for hydroxylation is 2. The molecule has 0 bridgehead atoms. The normalized spacial score (nSPS) is 10.9. The van der Waals surface area contributed by atoms with E-state index in [4.69, 9.17) is 0 Å². The first-order valence-corrected chi connectivity index (χ1v) is 6.87. The summed E-state index contributed by atoms with van der Waals surface area (Å²) in [6.07, 6.45) is 2.83. The van der Waals surface area contributed by atoms with Gasteiger partial charge in [-0.1, -0.05) is 25.1 Å². The Labute approximate surface area is 118 Å². The predicted octanol–water partition coefficient (Wildman–Crippen LogP) is 3.14. The van der Waals surface area contributed by atoms with Crippen LogP contribution in [0.4, 0.5) is 5.95 Å². The van der Waals surface area contributed by atoms with Crippen LogP contribution in [0.1, 0.15) is 18.2 Å². The minimum Gasteiger partial charge on any atom is -0.350 e. The van der Waals surface area contributed by atoms with Crippen molar-refractivity contribution in [1.82, 2.24) is 14.5 Å². The first-order valence-electron chi connectivity index (χ1n) is 6.87. The van der Waals surface area contributed by atoms with Gasteiger partial charge in [0, 0.05) is 13.2 Å². The zero-order chi connectivity index (χ0) is 13.9. The lowest BCUT2D eigenvalue weighted by molar-refractivity contribution is 0.902. The summed E-state index contributed by atoms with van der Waals surface area (Å²) in [5, 5.41) is 3.38. The molecule has 0 unspecified atom stereocenters. The number of para-hydroxylation sites is 2. The van der Waals surface area contributed by atoms with E-state index in [1.54, 1.807) is 0 Å². The molecule has 2 heterocycles. The highest BCUT2D eigenvalue weighted by atomic mass is 15.2. The van der Waals surface area contributed by atoms with Crippen LogP contribution in [0.3, 0.4) is 0 Å². The Morgan fingerprint density at radius 1 is 1.15 bits per heavy atom. The van der Waals surface area contributed by atoms with Crippen molar-refractivity contribution in [3.63, 3.8) is 0 Å². The molecule has 4 nitrogen and oxygen atoms in total. The third-order valence-corrected chi connectivity index (χ3v) is 3.57. The third-order valence-electron chi connectivity index (χ3n) is 3.57. The second kappa shape index (κ2) is 5.33. The SMILES string of the molecule is CCc1cccnc1CNc1nc2ccccc2n1C. The standard InChI is InChI=1S/C16H18N4/c1-3-12-7-6-10-17-14(12)11-18-16-19-13-8-4-5-9-15(13)20(16)2/h4-10H,3,11H2,1-2H3,(H,18,19). The number of rotatable bonds is 4. The minimum atomic E-state index is 0.696. The van der Waals surface area contributed by atoms with Crippen molar-refractivity contribution in [2.45, 2.75) is 19.9 Å². The molecule has 2 aromatic heterocycles. The molecule has 20 heavy (non-hydrogen) atoms. The summed E-state index contributed by atoms with van der Waals surface area (Å²) in [5.74, 6) is 0.874. The predicted molar refractivity (Wildman–Crippen MR) is 81.7 cm³/mol. The summed E-state index contributed by atoms with van der Waals surface area (Å²) >= 11 is 0. The van der Waals surface area contributed by atoms with E-state index < -0.39 is 0 Å². The van der Waals surface area contributed by atoms with Gasteiger partial charge in [-0.05, 0) is 30.2 Å². The van der Waals surface area contributed by atoms with Gasteiger partial charge in [-0.2, -0.15) is 0 Å². The Morgan fingerprint density at radius 2 is 2.00 bits per heavy atom. The Hall–Kier alpha value is -2.36. The molecule has 3 aromatic rings. The molecule has 0 saturated carbocycles. The molecule has 1 aromatic carbocycles. The van der Waals surface area contributed by atoms with Crippen molar-refractivity contribution < 1.29 is 0 Å². The van der Waals surface area contributed by atoms with Gasteiger partial charge in [-0.15, -0.1) is 0 Å². The van der Waals surface area contributed by atoms with Gasteiger partial charge in [-0.3, -0.25) is 4.98 Å². The van der Waals surface area contributed by atoms with E-state index in [-0.39, 0.29) is 0 Å². The van der Waals surface area contributed by atoms with Crippen LogP contribution in [0.25, 0.3) is 11.0 Å². The van der Waals surface area contributed by atoms with Gasteiger partial charge in [0.25, 0.3) is 0 Å².